The summed E-state index contributed by atoms with van der Waals surface area (Å²) in [4.78, 5) is 21.7. The molecular weight excluding hydrogens is 213 g/mol. The summed E-state index contributed by atoms with van der Waals surface area (Å²) in [6.07, 6.45) is 0.760. The molecule has 0 unspecified atom stereocenters. The summed E-state index contributed by atoms with van der Waals surface area (Å²) >= 11 is 0. The summed E-state index contributed by atoms with van der Waals surface area (Å²) in [5.41, 5.74) is 0.0152. The normalized spacial score (nSPS) is 11.0. The Morgan fingerprint density at radius 1 is 1.38 bits per heavy atom. The Morgan fingerprint density at radius 3 is 2.56 bits per heavy atom. The number of anilines is 1. The van der Waals surface area contributed by atoms with Crippen LogP contribution in [0.25, 0.3) is 0 Å². The van der Waals surface area contributed by atoms with Crippen molar-refractivity contribution in [2.24, 2.45) is 0 Å². The first-order valence-electron chi connectivity index (χ1n) is 4.48. The summed E-state index contributed by atoms with van der Waals surface area (Å²) in [6.45, 7) is 1.34. The van der Waals surface area contributed by atoms with Crippen LogP contribution in [0.1, 0.15) is 6.92 Å². The lowest BCUT2D eigenvalue weighted by molar-refractivity contribution is -0.131. The van der Waals surface area contributed by atoms with Crippen LogP contribution in [-0.4, -0.2) is 17.0 Å². The van der Waals surface area contributed by atoms with Crippen molar-refractivity contribution in [2.75, 3.05) is 5.32 Å². The van der Waals surface area contributed by atoms with Crippen LogP contribution in [0.3, 0.4) is 0 Å². The van der Waals surface area contributed by atoms with Gasteiger partial charge < -0.3 is 10.4 Å². The van der Waals surface area contributed by atoms with Crippen molar-refractivity contribution < 1.29 is 19.1 Å². The number of amides is 1. The number of halogens is 1. The number of nitrogens with one attached hydrogen (secondary N) is 1. The van der Waals surface area contributed by atoms with E-state index in [1.54, 1.807) is 6.07 Å². The number of carbonyl (C=O) groups is 2. The molecule has 0 fully saturated rings. The number of carboxylic acid groups (broad SMARTS) is 1. The van der Waals surface area contributed by atoms with Gasteiger partial charge in [-0.3, -0.25) is 4.79 Å². The highest BCUT2D eigenvalue weighted by Crippen LogP contribution is 2.13. The highest BCUT2D eigenvalue weighted by Gasteiger charge is 2.08. The van der Waals surface area contributed by atoms with Crippen molar-refractivity contribution in [2.45, 2.75) is 6.92 Å². The Morgan fingerprint density at radius 2 is 2.00 bits per heavy atom. The zero-order valence-corrected chi connectivity index (χ0v) is 8.53. The molecule has 0 aliphatic heterocycles. The Labute approximate surface area is 91.4 Å². The minimum Gasteiger partial charge on any atom is -0.478 e. The fourth-order valence-electron chi connectivity index (χ4n) is 1.03. The van der Waals surface area contributed by atoms with E-state index in [-0.39, 0.29) is 11.3 Å². The predicted molar refractivity (Wildman–Crippen MR) is 56.4 cm³/mol. The summed E-state index contributed by atoms with van der Waals surface area (Å²) in [6, 6.07) is 5.65. The van der Waals surface area contributed by atoms with Gasteiger partial charge >= 0.3 is 5.97 Å². The van der Waals surface area contributed by atoms with Crippen molar-refractivity contribution in [3.8, 4) is 0 Å². The van der Waals surface area contributed by atoms with Crippen LogP contribution in [0.15, 0.2) is 35.9 Å². The minimum absolute atomic E-state index is 0.00393. The number of para-hydroxylation sites is 1. The van der Waals surface area contributed by atoms with E-state index in [1.807, 2.05) is 0 Å². The maximum Gasteiger partial charge on any atom is 0.328 e. The maximum absolute atomic E-state index is 13.1. The molecular formula is C11H10FNO3. The van der Waals surface area contributed by atoms with Gasteiger partial charge in [0.2, 0.25) is 0 Å². The topological polar surface area (TPSA) is 66.4 Å². The first kappa shape index (κ1) is 11.9. The second-order valence-electron chi connectivity index (χ2n) is 3.10. The predicted octanol–water partition coefficient (Wildman–Crippen LogP) is 1.80. The van der Waals surface area contributed by atoms with Gasteiger partial charge in [0.25, 0.3) is 5.91 Å². The fourth-order valence-corrected chi connectivity index (χ4v) is 1.03. The molecule has 0 bridgehead atoms. The number of benzene rings is 1. The SMILES string of the molecule is C/C(=C/C(=O)O)C(=O)Nc1ccccc1F. The van der Waals surface area contributed by atoms with Crippen molar-refractivity contribution in [3.05, 3.63) is 41.7 Å². The number of aliphatic carboxylic acids is 1. The lowest BCUT2D eigenvalue weighted by atomic mass is 10.2. The number of hydrogen-bond acceptors (Lipinski definition) is 2. The Balaban J connectivity index is 2.80. The highest BCUT2D eigenvalue weighted by atomic mass is 19.1. The number of carboxylic acids is 1. The summed E-state index contributed by atoms with van der Waals surface area (Å²) in [5.74, 6) is -2.44. The van der Waals surface area contributed by atoms with E-state index in [4.69, 9.17) is 5.11 Å². The average molecular weight is 223 g/mol. The highest BCUT2D eigenvalue weighted by molar-refractivity contribution is 6.06. The molecule has 2 N–H and O–H groups in total. The zero-order valence-electron chi connectivity index (χ0n) is 8.53. The van der Waals surface area contributed by atoms with Crippen LogP contribution < -0.4 is 5.32 Å². The van der Waals surface area contributed by atoms with Crippen LogP contribution in [0.4, 0.5) is 10.1 Å². The first-order chi connectivity index (χ1) is 7.50. The number of rotatable bonds is 3. The smallest absolute Gasteiger partial charge is 0.328 e. The largest absolute Gasteiger partial charge is 0.478 e. The number of hydrogen-bond donors (Lipinski definition) is 2. The molecule has 0 aliphatic carbocycles. The van der Waals surface area contributed by atoms with Gasteiger partial charge in [0.05, 0.1) is 5.69 Å². The molecule has 0 aromatic heterocycles. The Kier molecular flexibility index (Phi) is 3.77. The van der Waals surface area contributed by atoms with Gasteiger partial charge in [-0.1, -0.05) is 12.1 Å². The molecule has 1 rings (SSSR count). The van der Waals surface area contributed by atoms with Crippen molar-refractivity contribution in [1.82, 2.24) is 0 Å². The summed E-state index contributed by atoms with van der Waals surface area (Å²) in [7, 11) is 0. The van der Waals surface area contributed by atoms with Gasteiger partial charge in [0, 0.05) is 11.6 Å². The van der Waals surface area contributed by atoms with Crippen LogP contribution >= 0.6 is 0 Å². The molecule has 0 saturated carbocycles. The molecule has 4 nitrogen and oxygen atoms in total. The standard InChI is InChI=1S/C11H10FNO3/c1-7(6-10(14)15)11(16)13-9-5-3-2-4-8(9)12/h2-6H,1H3,(H,13,16)(H,14,15)/b7-6-. The molecule has 5 heteroatoms. The molecule has 1 aromatic carbocycles. The van der Waals surface area contributed by atoms with Gasteiger partial charge in [-0.2, -0.15) is 0 Å². The monoisotopic (exact) mass is 223 g/mol. The first-order valence-corrected chi connectivity index (χ1v) is 4.48. The Bertz CT molecular complexity index is 454. The van der Waals surface area contributed by atoms with E-state index in [9.17, 15) is 14.0 Å². The van der Waals surface area contributed by atoms with Gasteiger partial charge in [0.15, 0.2) is 0 Å². The molecule has 0 atom stereocenters. The Hall–Kier alpha value is -2.17. The lowest BCUT2D eigenvalue weighted by Crippen LogP contribution is -2.14. The van der Waals surface area contributed by atoms with Crippen LogP contribution in [0, 0.1) is 5.82 Å². The number of carbonyl (C=O) groups excluding carboxylic acids is 1. The van der Waals surface area contributed by atoms with E-state index < -0.39 is 17.7 Å². The minimum atomic E-state index is -1.22. The zero-order chi connectivity index (χ0) is 12.1. The van der Waals surface area contributed by atoms with Gasteiger partial charge in [-0.05, 0) is 19.1 Å². The van der Waals surface area contributed by atoms with Crippen molar-refractivity contribution >= 4 is 17.6 Å². The fraction of sp³-hybridized carbons (Fsp3) is 0.0909. The molecule has 1 aromatic rings. The molecule has 0 spiro atoms. The van der Waals surface area contributed by atoms with Crippen molar-refractivity contribution in [3.63, 3.8) is 0 Å². The maximum atomic E-state index is 13.1. The van der Waals surface area contributed by atoms with E-state index in [1.165, 1.54) is 25.1 Å². The van der Waals surface area contributed by atoms with E-state index >= 15 is 0 Å². The average Bonchev–Trinajstić information content (AvgIpc) is 2.20. The third-order valence-corrected chi connectivity index (χ3v) is 1.82. The molecule has 0 saturated heterocycles. The second kappa shape index (κ2) is 5.06. The van der Waals surface area contributed by atoms with E-state index in [2.05, 4.69) is 5.32 Å². The molecule has 0 radical (unpaired) electrons. The van der Waals surface area contributed by atoms with Crippen LogP contribution in [0.5, 0.6) is 0 Å². The quantitative estimate of drug-likeness (QED) is 0.768. The van der Waals surface area contributed by atoms with Crippen molar-refractivity contribution in [1.29, 1.82) is 0 Å². The van der Waals surface area contributed by atoms with E-state index in [0.717, 1.165) is 6.08 Å². The summed E-state index contributed by atoms with van der Waals surface area (Å²) in [5, 5.41) is 10.7. The molecule has 16 heavy (non-hydrogen) atoms. The van der Waals surface area contributed by atoms with Gasteiger partial charge in [-0.15, -0.1) is 0 Å². The molecule has 0 aliphatic rings. The second-order valence-corrected chi connectivity index (χ2v) is 3.10. The van der Waals surface area contributed by atoms with Gasteiger partial charge in [-0.25, -0.2) is 9.18 Å². The van der Waals surface area contributed by atoms with Crippen LogP contribution in [0.2, 0.25) is 0 Å². The third kappa shape index (κ3) is 3.20. The molecule has 0 heterocycles. The van der Waals surface area contributed by atoms with E-state index in [0.29, 0.717) is 0 Å². The molecule has 1 amide bonds. The summed E-state index contributed by atoms with van der Waals surface area (Å²) < 4.78 is 13.1. The van der Waals surface area contributed by atoms with Crippen LogP contribution in [-0.2, 0) is 9.59 Å². The molecule has 84 valence electrons. The lowest BCUT2D eigenvalue weighted by Gasteiger charge is -2.05. The van der Waals surface area contributed by atoms with Gasteiger partial charge in [0.1, 0.15) is 5.82 Å². The third-order valence-electron chi connectivity index (χ3n) is 1.82.